The first-order chi connectivity index (χ1) is 9.22. The Bertz CT molecular complexity index is 542. The molecule has 0 aliphatic carbocycles. The summed E-state index contributed by atoms with van der Waals surface area (Å²) < 4.78 is 5.73. The summed E-state index contributed by atoms with van der Waals surface area (Å²) in [6.45, 7) is 16.2. The maximum absolute atomic E-state index is 8.05. The van der Waals surface area contributed by atoms with Crippen LogP contribution in [0.5, 0.6) is 5.75 Å². The third kappa shape index (κ3) is 4.09. The molecule has 2 heteroatoms. The van der Waals surface area contributed by atoms with E-state index in [1.54, 1.807) is 6.08 Å². The maximum atomic E-state index is 8.05. The van der Waals surface area contributed by atoms with E-state index in [2.05, 4.69) is 39.5 Å². The molecule has 20 heavy (non-hydrogen) atoms. The van der Waals surface area contributed by atoms with Gasteiger partial charge in [0.1, 0.15) is 5.75 Å². The van der Waals surface area contributed by atoms with Crippen LogP contribution in [-0.2, 0) is 0 Å². The number of allylic oxidation sites excluding steroid dienone is 2. The SMILES string of the molecule is C=C(C)/C(=C\C(=N)Oc1c(C)cc(C)cc1C)C(C)C. The molecule has 0 saturated carbocycles. The zero-order chi connectivity index (χ0) is 15.4. The lowest BCUT2D eigenvalue weighted by Gasteiger charge is -2.14. The molecule has 0 radical (unpaired) electrons. The van der Waals surface area contributed by atoms with Crippen molar-refractivity contribution < 1.29 is 4.74 Å². The van der Waals surface area contributed by atoms with E-state index in [0.717, 1.165) is 28.0 Å². The zero-order valence-electron chi connectivity index (χ0n) is 13.4. The molecule has 0 amide bonds. The third-order valence-corrected chi connectivity index (χ3v) is 3.22. The fourth-order valence-corrected chi connectivity index (χ4v) is 2.39. The molecule has 0 fully saturated rings. The molecule has 2 nitrogen and oxygen atoms in total. The number of ether oxygens (including phenoxy) is 1. The number of hydrogen-bond acceptors (Lipinski definition) is 2. The quantitative estimate of drug-likeness (QED) is 0.460. The average Bonchev–Trinajstić information content (AvgIpc) is 2.29. The van der Waals surface area contributed by atoms with E-state index >= 15 is 0 Å². The van der Waals surface area contributed by atoms with Gasteiger partial charge in [-0.25, -0.2) is 0 Å². The van der Waals surface area contributed by atoms with Crippen LogP contribution in [0.1, 0.15) is 37.5 Å². The lowest BCUT2D eigenvalue weighted by atomic mass is 9.97. The predicted octanol–water partition coefficient (Wildman–Crippen LogP) is 5.13. The molecular weight excluding hydrogens is 246 g/mol. The molecular formula is C18H25NO. The van der Waals surface area contributed by atoms with Gasteiger partial charge in [-0.3, -0.25) is 5.41 Å². The largest absolute Gasteiger partial charge is 0.439 e. The van der Waals surface area contributed by atoms with Gasteiger partial charge >= 0.3 is 0 Å². The molecule has 0 unspecified atom stereocenters. The van der Waals surface area contributed by atoms with Crippen LogP contribution in [0.15, 0.2) is 35.9 Å². The number of rotatable bonds is 4. The highest BCUT2D eigenvalue weighted by molar-refractivity contribution is 5.88. The number of aryl methyl sites for hydroxylation is 3. The Morgan fingerprint density at radius 3 is 2.10 bits per heavy atom. The topological polar surface area (TPSA) is 33.1 Å². The van der Waals surface area contributed by atoms with Crippen molar-refractivity contribution in [1.82, 2.24) is 0 Å². The monoisotopic (exact) mass is 271 g/mol. The number of hydrogen-bond donors (Lipinski definition) is 1. The smallest absolute Gasteiger partial charge is 0.212 e. The molecule has 0 spiro atoms. The molecule has 1 aromatic rings. The molecule has 0 aromatic heterocycles. The van der Waals surface area contributed by atoms with E-state index in [1.807, 2.05) is 20.8 Å². The summed E-state index contributed by atoms with van der Waals surface area (Å²) in [6, 6.07) is 4.14. The van der Waals surface area contributed by atoms with Gasteiger partial charge in [0.2, 0.25) is 5.90 Å². The van der Waals surface area contributed by atoms with E-state index in [-0.39, 0.29) is 5.90 Å². The van der Waals surface area contributed by atoms with Gasteiger partial charge in [0, 0.05) is 6.08 Å². The summed E-state index contributed by atoms with van der Waals surface area (Å²) in [4.78, 5) is 0. The zero-order valence-corrected chi connectivity index (χ0v) is 13.4. The third-order valence-electron chi connectivity index (χ3n) is 3.22. The minimum Gasteiger partial charge on any atom is -0.439 e. The van der Waals surface area contributed by atoms with E-state index in [4.69, 9.17) is 10.1 Å². The molecule has 0 bridgehead atoms. The minimum absolute atomic E-state index is 0.159. The van der Waals surface area contributed by atoms with Gasteiger partial charge in [-0.1, -0.05) is 43.7 Å². The highest BCUT2D eigenvalue weighted by atomic mass is 16.5. The maximum Gasteiger partial charge on any atom is 0.212 e. The van der Waals surface area contributed by atoms with Crippen LogP contribution in [-0.4, -0.2) is 5.90 Å². The van der Waals surface area contributed by atoms with E-state index < -0.39 is 0 Å². The molecule has 0 aliphatic rings. The Labute approximate surface area is 122 Å². The second kappa shape index (κ2) is 6.56. The van der Waals surface area contributed by atoms with Crippen LogP contribution in [0.4, 0.5) is 0 Å². The standard InChI is InChI=1S/C18H25NO/c1-11(2)16(12(3)4)10-17(19)20-18-14(6)8-13(5)9-15(18)7/h8-10,12,19H,1H2,2-7H3/b16-10+,19-17?. The van der Waals surface area contributed by atoms with Crippen molar-refractivity contribution in [2.24, 2.45) is 5.92 Å². The van der Waals surface area contributed by atoms with E-state index in [1.165, 1.54) is 5.56 Å². The average molecular weight is 271 g/mol. The van der Waals surface area contributed by atoms with Crippen LogP contribution in [0.25, 0.3) is 0 Å². The van der Waals surface area contributed by atoms with Crippen LogP contribution >= 0.6 is 0 Å². The Hall–Kier alpha value is -1.83. The summed E-state index contributed by atoms with van der Waals surface area (Å²) in [5, 5.41) is 8.05. The normalized spacial score (nSPS) is 11.7. The van der Waals surface area contributed by atoms with Crippen molar-refractivity contribution in [2.75, 3.05) is 0 Å². The second-order valence-corrected chi connectivity index (χ2v) is 5.73. The van der Waals surface area contributed by atoms with Crippen LogP contribution < -0.4 is 4.74 Å². The van der Waals surface area contributed by atoms with E-state index in [0.29, 0.717) is 5.92 Å². The van der Waals surface area contributed by atoms with Gasteiger partial charge in [-0.2, -0.15) is 0 Å². The molecule has 1 aromatic carbocycles. The van der Waals surface area contributed by atoms with Crippen molar-refractivity contribution in [3.05, 3.63) is 52.6 Å². The molecule has 0 heterocycles. The highest BCUT2D eigenvalue weighted by Crippen LogP contribution is 2.25. The molecule has 0 saturated heterocycles. The summed E-state index contributed by atoms with van der Waals surface area (Å²) in [5.41, 5.74) is 5.35. The van der Waals surface area contributed by atoms with Crippen molar-refractivity contribution in [3.8, 4) is 5.75 Å². The molecule has 0 atom stereocenters. The van der Waals surface area contributed by atoms with Crippen LogP contribution in [0.2, 0.25) is 0 Å². The Balaban J connectivity index is 3.03. The van der Waals surface area contributed by atoms with Gasteiger partial charge in [0.15, 0.2) is 0 Å². The predicted molar refractivity (Wildman–Crippen MR) is 86.7 cm³/mol. The number of benzene rings is 1. The summed E-state index contributed by atoms with van der Waals surface area (Å²) in [5.74, 6) is 1.27. The molecule has 108 valence electrons. The first kappa shape index (κ1) is 16.2. The van der Waals surface area contributed by atoms with Gasteiger partial charge in [0.05, 0.1) is 0 Å². The molecule has 1 rings (SSSR count). The summed E-state index contributed by atoms with van der Waals surface area (Å²) in [7, 11) is 0. The van der Waals surface area contributed by atoms with Crippen molar-refractivity contribution in [2.45, 2.75) is 41.5 Å². The Morgan fingerprint density at radius 1 is 1.20 bits per heavy atom. The van der Waals surface area contributed by atoms with Crippen LogP contribution in [0.3, 0.4) is 0 Å². The first-order valence-electron chi connectivity index (χ1n) is 6.94. The van der Waals surface area contributed by atoms with Gasteiger partial charge < -0.3 is 4.74 Å². The Morgan fingerprint density at radius 2 is 1.70 bits per heavy atom. The molecule has 1 N–H and O–H groups in total. The summed E-state index contributed by atoms with van der Waals surface area (Å²) >= 11 is 0. The minimum atomic E-state index is 0.159. The number of nitrogens with one attached hydrogen (secondary N) is 1. The lowest BCUT2D eigenvalue weighted by Crippen LogP contribution is -2.09. The van der Waals surface area contributed by atoms with Gasteiger partial charge in [-0.05, 0) is 50.3 Å². The van der Waals surface area contributed by atoms with Crippen molar-refractivity contribution in [1.29, 1.82) is 5.41 Å². The fourth-order valence-electron chi connectivity index (χ4n) is 2.39. The van der Waals surface area contributed by atoms with Crippen LogP contribution in [0, 0.1) is 32.1 Å². The highest BCUT2D eigenvalue weighted by Gasteiger charge is 2.10. The second-order valence-electron chi connectivity index (χ2n) is 5.73. The fraction of sp³-hybridized carbons (Fsp3) is 0.389. The van der Waals surface area contributed by atoms with Crippen molar-refractivity contribution in [3.63, 3.8) is 0 Å². The Kier molecular flexibility index (Phi) is 5.32. The first-order valence-corrected chi connectivity index (χ1v) is 6.94. The van der Waals surface area contributed by atoms with Gasteiger partial charge in [-0.15, -0.1) is 0 Å². The summed E-state index contributed by atoms with van der Waals surface area (Å²) in [6.07, 6.45) is 1.77. The molecule has 0 aliphatic heterocycles. The van der Waals surface area contributed by atoms with Gasteiger partial charge in [0.25, 0.3) is 0 Å². The lowest BCUT2D eigenvalue weighted by molar-refractivity contribution is 0.540. The van der Waals surface area contributed by atoms with Crippen molar-refractivity contribution >= 4 is 5.90 Å². The van der Waals surface area contributed by atoms with E-state index in [9.17, 15) is 0 Å².